The molecule has 108 valence electrons. The molecule has 0 unspecified atom stereocenters. The molecule has 0 bridgehead atoms. The average molecular weight is 273 g/mol. The van der Waals surface area contributed by atoms with Gasteiger partial charge in [0.25, 0.3) is 0 Å². The standard InChI is InChI=1S/C16H23N3O/c1-4-8-19(9-5-2)11-16(20)13-6-7-14-15(10-13)18-12(3)17-14/h6-7,10H,4-5,8-9,11H2,1-3H3,(H,17,18). The summed E-state index contributed by atoms with van der Waals surface area (Å²) in [4.78, 5) is 22.1. The minimum atomic E-state index is 0.182. The van der Waals surface area contributed by atoms with Crippen LogP contribution in [0, 0.1) is 6.92 Å². The van der Waals surface area contributed by atoms with Gasteiger partial charge in [-0.3, -0.25) is 9.69 Å². The lowest BCUT2D eigenvalue weighted by atomic mass is 10.1. The minimum absolute atomic E-state index is 0.182. The van der Waals surface area contributed by atoms with Gasteiger partial charge in [-0.1, -0.05) is 13.8 Å². The van der Waals surface area contributed by atoms with Crippen LogP contribution in [0.25, 0.3) is 11.0 Å². The molecule has 20 heavy (non-hydrogen) atoms. The van der Waals surface area contributed by atoms with Crippen molar-refractivity contribution in [1.82, 2.24) is 14.9 Å². The monoisotopic (exact) mass is 273 g/mol. The predicted molar refractivity (Wildman–Crippen MR) is 82.2 cm³/mol. The molecule has 0 amide bonds. The summed E-state index contributed by atoms with van der Waals surface area (Å²) in [6.45, 7) is 8.67. The number of rotatable bonds is 7. The Balaban J connectivity index is 2.13. The van der Waals surface area contributed by atoms with Crippen LogP contribution in [0.5, 0.6) is 0 Å². The molecule has 0 aliphatic carbocycles. The third-order valence-electron chi connectivity index (χ3n) is 3.37. The third kappa shape index (κ3) is 3.45. The van der Waals surface area contributed by atoms with Crippen molar-refractivity contribution in [3.8, 4) is 0 Å². The number of fused-ring (bicyclic) bond motifs is 1. The molecule has 0 radical (unpaired) electrons. The fraction of sp³-hybridized carbons (Fsp3) is 0.500. The molecule has 0 spiro atoms. The van der Waals surface area contributed by atoms with Crippen LogP contribution in [-0.2, 0) is 0 Å². The lowest BCUT2D eigenvalue weighted by Gasteiger charge is -2.19. The highest BCUT2D eigenvalue weighted by Crippen LogP contribution is 2.14. The van der Waals surface area contributed by atoms with Crippen molar-refractivity contribution in [3.05, 3.63) is 29.6 Å². The lowest BCUT2D eigenvalue weighted by molar-refractivity contribution is 0.0930. The molecule has 0 atom stereocenters. The normalized spacial score (nSPS) is 11.4. The Morgan fingerprint density at radius 2 is 1.95 bits per heavy atom. The molecule has 0 fully saturated rings. The number of imidazole rings is 1. The van der Waals surface area contributed by atoms with Crippen molar-refractivity contribution in [3.63, 3.8) is 0 Å². The number of nitrogens with one attached hydrogen (secondary N) is 1. The molecule has 1 N–H and O–H groups in total. The Hall–Kier alpha value is -1.68. The van der Waals surface area contributed by atoms with Gasteiger partial charge in [0.05, 0.1) is 17.6 Å². The molecule has 0 saturated carbocycles. The number of hydrogen-bond donors (Lipinski definition) is 1. The molecule has 1 aromatic carbocycles. The van der Waals surface area contributed by atoms with Gasteiger partial charge in [-0.25, -0.2) is 4.98 Å². The number of aromatic nitrogens is 2. The van der Waals surface area contributed by atoms with Crippen molar-refractivity contribution in [2.75, 3.05) is 19.6 Å². The highest BCUT2D eigenvalue weighted by atomic mass is 16.1. The third-order valence-corrected chi connectivity index (χ3v) is 3.37. The van der Waals surface area contributed by atoms with E-state index in [0.717, 1.165) is 48.4 Å². The van der Waals surface area contributed by atoms with E-state index < -0.39 is 0 Å². The molecule has 0 saturated heterocycles. The quantitative estimate of drug-likeness (QED) is 0.788. The van der Waals surface area contributed by atoms with Gasteiger partial charge < -0.3 is 4.98 Å². The van der Waals surface area contributed by atoms with E-state index in [2.05, 4.69) is 28.7 Å². The number of hydrogen-bond acceptors (Lipinski definition) is 3. The van der Waals surface area contributed by atoms with Crippen LogP contribution >= 0.6 is 0 Å². The number of nitrogens with zero attached hydrogens (tertiary/aromatic N) is 2. The second-order valence-corrected chi connectivity index (χ2v) is 5.25. The van der Waals surface area contributed by atoms with Crippen molar-refractivity contribution in [1.29, 1.82) is 0 Å². The fourth-order valence-corrected chi connectivity index (χ4v) is 2.51. The maximum absolute atomic E-state index is 12.4. The molecule has 4 heteroatoms. The molecule has 1 aromatic heterocycles. The van der Waals surface area contributed by atoms with Gasteiger partial charge in [0.1, 0.15) is 5.82 Å². The van der Waals surface area contributed by atoms with Gasteiger partial charge in [-0.2, -0.15) is 0 Å². The van der Waals surface area contributed by atoms with Gasteiger partial charge in [-0.15, -0.1) is 0 Å². The van der Waals surface area contributed by atoms with E-state index >= 15 is 0 Å². The van der Waals surface area contributed by atoms with Crippen LogP contribution in [0.3, 0.4) is 0 Å². The second-order valence-electron chi connectivity index (χ2n) is 5.25. The number of Topliss-reactive ketones (excluding diaryl/α,β-unsaturated/α-hetero) is 1. The highest BCUT2D eigenvalue weighted by molar-refractivity contribution is 6.00. The molecule has 1 heterocycles. The zero-order chi connectivity index (χ0) is 14.5. The smallest absolute Gasteiger partial charge is 0.176 e. The van der Waals surface area contributed by atoms with E-state index in [4.69, 9.17) is 0 Å². The first-order chi connectivity index (χ1) is 9.63. The number of H-pyrrole nitrogens is 1. The zero-order valence-corrected chi connectivity index (χ0v) is 12.6. The summed E-state index contributed by atoms with van der Waals surface area (Å²) >= 11 is 0. The van der Waals surface area contributed by atoms with Crippen LogP contribution in [-0.4, -0.2) is 40.3 Å². The van der Waals surface area contributed by atoms with Crippen molar-refractivity contribution < 1.29 is 4.79 Å². The Labute approximate surface area is 120 Å². The summed E-state index contributed by atoms with van der Waals surface area (Å²) in [6.07, 6.45) is 2.15. The SMILES string of the molecule is CCCN(CCC)CC(=O)c1ccc2nc(C)[nH]c2c1. The minimum Gasteiger partial charge on any atom is -0.342 e. The van der Waals surface area contributed by atoms with Crippen LogP contribution in [0.2, 0.25) is 0 Å². The van der Waals surface area contributed by atoms with Crippen LogP contribution in [0.4, 0.5) is 0 Å². The number of aromatic amines is 1. The van der Waals surface area contributed by atoms with Crippen molar-refractivity contribution in [2.45, 2.75) is 33.6 Å². The van der Waals surface area contributed by atoms with Gasteiger partial charge in [0.15, 0.2) is 5.78 Å². The second kappa shape index (κ2) is 6.66. The largest absolute Gasteiger partial charge is 0.342 e. The number of carbonyl (C=O) groups is 1. The molecule has 2 rings (SSSR count). The Kier molecular flexibility index (Phi) is 4.90. The summed E-state index contributed by atoms with van der Waals surface area (Å²) in [7, 11) is 0. The van der Waals surface area contributed by atoms with Gasteiger partial charge >= 0.3 is 0 Å². The first-order valence-electron chi connectivity index (χ1n) is 7.36. The Morgan fingerprint density at radius 3 is 2.60 bits per heavy atom. The predicted octanol–water partition coefficient (Wildman–Crippen LogP) is 3.18. The molecular formula is C16H23N3O. The zero-order valence-electron chi connectivity index (χ0n) is 12.6. The van der Waals surface area contributed by atoms with Gasteiger partial charge in [0, 0.05) is 5.56 Å². The lowest BCUT2D eigenvalue weighted by Crippen LogP contribution is -2.31. The van der Waals surface area contributed by atoms with Crippen LogP contribution in [0.15, 0.2) is 18.2 Å². The van der Waals surface area contributed by atoms with E-state index in [0.29, 0.717) is 6.54 Å². The molecule has 0 aliphatic rings. The van der Waals surface area contributed by atoms with Crippen LogP contribution < -0.4 is 0 Å². The van der Waals surface area contributed by atoms with Gasteiger partial charge in [0.2, 0.25) is 0 Å². The average Bonchev–Trinajstić information content (AvgIpc) is 2.78. The van der Waals surface area contributed by atoms with Gasteiger partial charge in [-0.05, 0) is 51.1 Å². The Morgan fingerprint density at radius 1 is 1.25 bits per heavy atom. The highest BCUT2D eigenvalue weighted by Gasteiger charge is 2.12. The summed E-state index contributed by atoms with van der Waals surface area (Å²) in [6, 6.07) is 5.70. The maximum atomic E-state index is 12.4. The van der Waals surface area contributed by atoms with E-state index in [1.807, 2.05) is 25.1 Å². The first-order valence-corrected chi connectivity index (χ1v) is 7.36. The molecule has 2 aromatic rings. The molecular weight excluding hydrogens is 250 g/mol. The summed E-state index contributed by atoms with van der Waals surface area (Å²) < 4.78 is 0. The van der Waals surface area contributed by atoms with Crippen molar-refractivity contribution >= 4 is 16.8 Å². The van der Waals surface area contributed by atoms with Crippen LogP contribution in [0.1, 0.15) is 42.9 Å². The molecule has 0 aliphatic heterocycles. The topological polar surface area (TPSA) is 49.0 Å². The first kappa shape index (κ1) is 14.7. The van der Waals surface area contributed by atoms with E-state index in [-0.39, 0.29) is 5.78 Å². The summed E-state index contributed by atoms with van der Waals surface area (Å²) in [5.41, 5.74) is 2.61. The number of carbonyl (C=O) groups excluding carboxylic acids is 1. The molecule has 4 nitrogen and oxygen atoms in total. The summed E-state index contributed by atoms with van der Waals surface area (Å²) in [5.74, 6) is 1.06. The van der Waals surface area contributed by atoms with E-state index in [1.54, 1.807) is 0 Å². The number of benzene rings is 1. The summed E-state index contributed by atoms with van der Waals surface area (Å²) in [5, 5.41) is 0. The number of ketones is 1. The van der Waals surface area contributed by atoms with E-state index in [9.17, 15) is 4.79 Å². The fourth-order valence-electron chi connectivity index (χ4n) is 2.51. The van der Waals surface area contributed by atoms with Crippen molar-refractivity contribution in [2.24, 2.45) is 0 Å². The Bertz CT molecular complexity index is 582. The maximum Gasteiger partial charge on any atom is 0.176 e. The van der Waals surface area contributed by atoms with E-state index in [1.165, 1.54) is 0 Å². The number of aryl methyl sites for hydroxylation is 1.